The molecule has 5 nitrogen and oxygen atoms in total. The van der Waals surface area contributed by atoms with Crippen molar-refractivity contribution in [3.05, 3.63) is 53.7 Å². The van der Waals surface area contributed by atoms with Crippen LogP contribution in [0.15, 0.2) is 42.6 Å². The molecule has 0 aliphatic carbocycles. The van der Waals surface area contributed by atoms with Crippen molar-refractivity contribution in [1.82, 2.24) is 9.88 Å². The maximum absolute atomic E-state index is 10.1. The molecule has 1 N–H and O–H groups in total. The minimum Gasteiger partial charge on any atom is -0.497 e. The Morgan fingerprint density at radius 1 is 1.22 bits per heavy atom. The number of aromatic nitrogens is 1. The van der Waals surface area contributed by atoms with Crippen molar-refractivity contribution in [1.29, 1.82) is 0 Å². The summed E-state index contributed by atoms with van der Waals surface area (Å²) in [5.41, 5.74) is 2.27. The second kappa shape index (κ2) is 6.98. The maximum atomic E-state index is 10.1. The van der Waals surface area contributed by atoms with E-state index in [1.807, 2.05) is 36.5 Å². The van der Waals surface area contributed by atoms with Crippen LogP contribution >= 0.6 is 0 Å². The van der Waals surface area contributed by atoms with Crippen LogP contribution in [0, 0.1) is 0 Å². The summed E-state index contributed by atoms with van der Waals surface area (Å²) in [6.45, 7) is 1.41. The van der Waals surface area contributed by atoms with Crippen molar-refractivity contribution in [2.45, 2.75) is 25.1 Å². The summed E-state index contributed by atoms with van der Waals surface area (Å²) in [7, 11) is 3.28. The summed E-state index contributed by atoms with van der Waals surface area (Å²) in [5.74, 6) is 1.45. The Bertz CT molecular complexity index is 645. The Labute approximate surface area is 136 Å². The number of likely N-dealkylation sites (tertiary alicyclic amines) is 1. The molecule has 2 aromatic rings. The highest BCUT2D eigenvalue weighted by Gasteiger charge is 2.32. The lowest BCUT2D eigenvalue weighted by atomic mass is 10.0. The molecule has 0 radical (unpaired) electrons. The van der Waals surface area contributed by atoms with Crippen LogP contribution in [0.5, 0.6) is 11.6 Å². The minimum atomic E-state index is -0.308. The Kier molecular flexibility index (Phi) is 4.79. The van der Waals surface area contributed by atoms with Gasteiger partial charge in [0.15, 0.2) is 0 Å². The number of rotatable bonds is 5. The van der Waals surface area contributed by atoms with Gasteiger partial charge in [-0.25, -0.2) is 4.98 Å². The summed E-state index contributed by atoms with van der Waals surface area (Å²) in [6, 6.07) is 12.1. The lowest BCUT2D eigenvalue weighted by Gasteiger charge is -2.24. The van der Waals surface area contributed by atoms with Crippen LogP contribution in [0.2, 0.25) is 0 Å². The number of aliphatic hydroxyl groups is 1. The molecule has 0 spiro atoms. The molecule has 0 saturated carbocycles. The van der Waals surface area contributed by atoms with E-state index in [0.717, 1.165) is 24.3 Å². The van der Waals surface area contributed by atoms with Crippen molar-refractivity contribution in [3.8, 4) is 11.6 Å². The van der Waals surface area contributed by atoms with Crippen LogP contribution in [-0.2, 0) is 6.54 Å². The fourth-order valence-electron chi connectivity index (χ4n) is 3.11. The number of hydrogen-bond acceptors (Lipinski definition) is 5. The van der Waals surface area contributed by atoms with Gasteiger partial charge in [0.05, 0.1) is 20.3 Å². The van der Waals surface area contributed by atoms with Gasteiger partial charge in [-0.3, -0.25) is 4.90 Å². The van der Waals surface area contributed by atoms with Crippen LogP contribution in [0.3, 0.4) is 0 Å². The van der Waals surface area contributed by atoms with Gasteiger partial charge < -0.3 is 14.6 Å². The highest BCUT2D eigenvalue weighted by molar-refractivity contribution is 5.31. The number of hydrogen-bond donors (Lipinski definition) is 1. The zero-order valence-corrected chi connectivity index (χ0v) is 13.5. The first kappa shape index (κ1) is 15.8. The largest absolute Gasteiger partial charge is 0.497 e. The number of ether oxygens (including phenoxy) is 2. The van der Waals surface area contributed by atoms with Gasteiger partial charge in [-0.15, -0.1) is 0 Å². The molecule has 2 heterocycles. The second-order valence-corrected chi connectivity index (χ2v) is 5.82. The number of nitrogens with zero attached hydrogens (tertiary/aromatic N) is 2. The first-order chi connectivity index (χ1) is 11.2. The predicted molar refractivity (Wildman–Crippen MR) is 87.6 cm³/mol. The number of methoxy groups -OCH3 is 2. The average molecular weight is 314 g/mol. The highest BCUT2D eigenvalue weighted by atomic mass is 16.5. The van der Waals surface area contributed by atoms with E-state index in [1.165, 1.54) is 5.56 Å². The van der Waals surface area contributed by atoms with Crippen LogP contribution in [0.4, 0.5) is 0 Å². The fourth-order valence-corrected chi connectivity index (χ4v) is 3.11. The van der Waals surface area contributed by atoms with Crippen LogP contribution in [0.1, 0.15) is 23.6 Å². The molecule has 0 bridgehead atoms. The molecule has 5 heteroatoms. The van der Waals surface area contributed by atoms with Crippen molar-refractivity contribution >= 4 is 0 Å². The van der Waals surface area contributed by atoms with E-state index in [-0.39, 0.29) is 12.1 Å². The molecule has 1 aromatic carbocycles. The minimum absolute atomic E-state index is 0.183. The van der Waals surface area contributed by atoms with Crippen LogP contribution in [0.25, 0.3) is 0 Å². The Morgan fingerprint density at radius 3 is 2.78 bits per heavy atom. The van der Waals surface area contributed by atoms with Crippen LogP contribution < -0.4 is 9.47 Å². The molecular formula is C18H22N2O3. The van der Waals surface area contributed by atoms with Gasteiger partial charge in [0.1, 0.15) is 5.75 Å². The maximum Gasteiger partial charge on any atom is 0.212 e. The topological polar surface area (TPSA) is 54.8 Å². The van der Waals surface area contributed by atoms with Gasteiger partial charge in [0.2, 0.25) is 5.88 Å². The van der Waals surface area contributed by atoms with Crippen LogP contribution in [-0.4, -0.2) is 41.9 Å². The van der Waals surface area contributed by atoms with E-state index in [4.69, 9.17) is 9.47 Å². The molecule has 3 rings (SSSR count). The Balaban J connectivity index is 1.78. The monoisotopic (exact) mass is 314 g/mol. The normalized spacial score (nSPS) is 21.3. The summed E-state index contributed by atoms with van der Waals surface area (Å²) in [4.78, 5) is 6.53. The molecule has 122 valence electrons. The molecule has 1 saturated heterocycles. The van der Waals surface area contributed by atoms with Gasteiger partial charge in [0, 0.05) is 31.4 Å². The molecule has 1 aliphatic rings. The fraction of sp³-hybridized carbons (Fsp3) is 0.389. The number of benzene rings is 1. The molecule has 0 amide bonds. The molecule has 23 heavy (non-hydrogen) atoms. The molecule has 2 atom stereocenters. The third-order valence-corrected chi connectivity index (χ3v) is 4.25. The molecular weight excluding hydrogens is 292 g/mol. The number of pyridine rings is 1. The Hall–Kier alpha value is -2.11. The van der Waals surface area contributed by atoms with E-state index in [9.17, 15) is 5.11 Å². The first-order valence-electron chi connectivity index (χ1n) is 7.74. The van der Waals surface area contributed by atoms with Gasteiger partial charge in [-0.05, 0) is 29.7 Å². The van der Waals surface area contributed by atoms with E-state index >= 15 is 0 Å². The zero-order valence-electron chi connectivity index (χ0n) is 13.5. The van der Waals surface area contributed by atoms with Gasteiger partial charge in [-0.1, -0.05) is 18.2 Å². The summed E-state index contributed by atoms with van der Waals surface area (Å²) in [5, 5.41) is 10.1. The summed E-state index contributed by atoms with van der Waals surface area (Å²) >= 11 is 0. The van der Waals surface area contributed by atoms with E-state index in [2.05, 4.69) is 16.0 Å². The lowest BCUT2D eigenvalue weighted by Crippen LogP contribution is -2.24. The van der Waals surface area contributed by atoms with Crippen molar-refractivity contribution in [3.63, 3.8) is 0 Å². The summed E-state index contributed by atoms with van der Waals surface area (Å²) in [6.07, 6.45) is 2.25. The van der Waals surface area contributed by atoms with E-state index in [1.54, 1.807) is 14.2 Å². The lowest BCUT2D eigenvalue weighted by molar-refractivity contribution is 0.172. The molecule has 1 fully saturated rings. The smallest absolute Gasteiger partial charge is 0.212 e. The molecule has 1 aliphatic heterocycles. The molecule has 1 aromatic heterocycles. The van der Waals surface area contributed by atoms with E-state index < -0.39 is 0 Å². The van der Waals surface area contributed by atoms with E-state index in [0.29, 0.717) is 12.4 Å². The van der Waals surface area contributed by atoms with Gasteiger partial charge >= 0.3 is 0 Å². The quantitative estimate of drug-likeness (QED) is 0.918. The highest BCUT2D eigenvalue weighted by Crippen LogP contribution is 2.34. The number of aliphatic hydroxyl groups excluding tert-OH is 1. The van der Waals surface area contributed by atoms with Gasteiger partial charge in [0.25, 0.3) is 0 Å². The average Bonchev–Trinajstić information content (AvgIpc) is 2.96. The predicted octanol–water partition coefficient (Wildman–Crippen LogP) is 2.41. The first-order valence-corrected chi connectivity index (χ1v) is 7.74. The molecule has 2 unspecified atom stereocenters. The SMILES string of the molecule is COc1cccc(C2CC(O)CN2Cc2ccc(OC)nc2)c1. The second-order valence-electron chi connectivity index (χ2n) is 5.82. The Morgan fingerprint density at radius 2 is 2.09 bits per heavy atom. The third kappa shape index (κ3) is 3.63. The van der Waals surface area contributed by atoms with Crippen molar-refractivity contribution in [2.24, 2.45) is 0 Å². The van der Waals surface area contributed by atoms with Crippen molar-refractivity contribution < 1.29 is 14.6 Å². The zero-order chi connectivity index (χ0) is 16.2. The standard InChI is InChI=1S/C18H22N2O3/c1-22-16-5-3-4-14(8-16)17-9-15(21)12-20(17)11-13-6-7-18(23-2)19-10-13/h3-8,10,15,17,21H,9,11-12H2,1-2H3. The number of β-amino-alcohol motifs (C(OH)–C–C–N with tert-alkyl or cyclic N) is 1. The van der Waals surface area contributed by atoms with Gasteiger partial charge in [-0.2, -0.15) is 0 Å². The third-order valence-electron chi connectivity index (χ3n) is 4.25. The summed E-state index contributed by atoms with van der Waals surface area (Å²) < 4.78 is 10.4. The van der Waals surface area contributed by atoms with Crippen molar-refractivity contribution in [2.75, 3.05) is 20.8 Å².